The number of benzene rings is 2. The summed E-state index contributed by atoms with van der Waals surface area (Å²) in [7, 11) is -3.84. The molecule has 0 saturated carbocycles. The normalized spacial score (nSPS) is 21.4. The molecule has 4 rings (SSSR count). The Balaban J connectivity index is 1.46. The number of piperidine rings is 1. The Bertz CT molecular complexity index is 1200. The van der Waals surface area contributed by atoms with Gasteiger partial charge in [-0.3, -0.25) is 9.59 Å². The SMILES string of the molecule is CC[C@@H]1Oc2cc(S(=O)(=O)N3CCC[C@H](C(=O)NC[C@H](C)c4ccccc4)C3)c(C)cc2NC1=O. The lowest BCUT2D eigenvalue weighted by Gasteiger charge is -2.32. The van der Waals surface area contributed by atoms with Crippen LogP contribution in [-0.2, 0) is 19.6 Å². The molecule has 0 spiro atoms. The standard InChI is InChI=1S/C26H33N3O5S/c1-4-22-26(31)28-21-13-17(2)24(14-23(21)34-22)35(32,33)29-12-8-11-20(16-29)25(30)27-15-18(3)19-9-6-5-7-10-19/h5-7,9-10,13-14,18,20,22H,4,8,11-12,15-16H2,1-3H3,(H,27,30)(H,28,31)/t18-,20-,22-/m0/s1. The Labute approximate surface area is 207 Å². The number of carbonyl (C=O) groups is 2. The second kappa shape index (κ2) is 10.4. The van der Waals surface area contributed by atoms with Crippen LogP contribution in [0.5, 0.6) is 5.75 Å². The van der Waals surface area contributed by atoms with E-state index < -0.39 is 22.0 Å². The number of aryl methyl sites for hydroxylation is 1. The molecule has 2 aromatic rings. The molecular formula is C26H33N3O5S. The van der Waals surface area contributed by atoms with Crippen molar-refractivity contribution >= 4 is 27.5 Å². The van der Waals surface area contributed by atoms with Crippen molar-refractivity contribution in [3.63, 3.8) is 0 Å². The molecule has 2 amide bonds. The summed E-state index contributed by atoms with van der Waals surface area (Å²) in [5, 5.41) is 5.80. The average Bonchev–Trinajstić information content (AvgIpc) is 2.86. The van der Waals surface area contributed by atoms with E-state index >= 15 is 0 Å². The fourth-order valence-electron chi connectivity index (χ4n) is 4.64. The van der Waals surface area contributed by atoms with Crippen molar-refractivity contribution in [2.75, 3.05) is 25.0 Å². The Kier molecular flexibility index (Phi) is 7.47. The number of nitrogens with one attached hydrogen (secondary N) is 2. The molecule has 1 saturated heterocycles. The van der Waals surface area contributed by atoms with Crippen LogP contribution in [0.15, 0.2) is 47.4 Å². The van der Waals surface area contributed by atoms with E-state index in [-0.39, 0.29) is 29.2 Å². The number of sulfonamides is 1. The smallest absolute Gasteiger partial charge is 0.265 e. The summed E-state index contributed by atoms with van der Waals surface area (Å²) in [6.07, 6.45) is 1.09. The van der Waals surface area contributed by atoms with Crippen LogP contribution < -0.4 is 15.4 Å². The number of ether oxygens (including phenoxy) is 1. The average molecular weight is 500 g/mol. The zero-order valence-corrected chi connectivity index (χ0v) is 21.2. The summed E-state index contributed by atoms with van der Waals surface area (Å²) in [5.41, 5.74) is 2.14. The zero-order valence-electron chi connectivity index (χ0n) is 20.4. The Morgan fingerprint density at radius 1 is 1.26 bits per heavy atom. The molecule has 2 N–H and O–H groups in total. The van der Waals surface area contributed by atoms with Gasteiger partial charge in [-0.25, -0.2) is 8.42 Å². The Morgan fingerprint density at radius 2 is 2.00 bits per heavy atom. The van der Waals surface area contributed by atoms with Crippen LogP contribution >= 0.6 is 0 Å². The number of hydrogen-bond donors (Lipinski definition) is 2. The van der Waals surface area contributed by atoms with E-state index in [1.54, 1.807) is 13.0 Å². The highest BCUT2D eigenvalue weighted by atomic mass is 32.2. The first kappa shape index (κ1) is 25.2. The summed E-state index contributed by atoms with van der Waals surface area (Å²) in [6.45, 7) is 6.58. The predicted molar refractivity (Wildman–Crippen MR) is 134 cm³/mol. The highest BCUT2D eigenvalue weighted by Gasteiger charge is 2.36. The van der Waals surface area contributed by atoms with Gasteiger partial charge in [0, 0.05) is 25.7 Å². The molecule has 2 aliphatic rings. The van der Waals surface area contributed by atoms with Gasteiger partial charge in [-0.05, 0) is 49.3 Å². The van der Waals surface area contributed by atoms with E-state index in [0.29, 0.717) is 49.4 Å². The number of carbonyl (C=O) groups excluding carboxylic acids is 2. The lowest BCUT2D eigenvalue weighted by Crippen LogP contribution is -2.46. The molecule has 1 fully saturated rings. The van der Waals surface area contributed by atoms with E-state index in [1.807, 2.05) is 37.3 Å². The first-order chi connectivity index (χ1) is 16.7. The third-order valence-corrected chi connectivity index (χ3v) is 8.80. The molecule has 9 heteroatoms. The number of hydrogen-bond acceptors (Lipinski definition) is 5. The highest BCUT2D eigenvalue weighted by molar-refractivity contribution is 7.89. The summed E-state index contributed by atoms with van der Waals surface area (Å²) >= 11 is 0. The molecule has 0 bridgehead atoms. The molecule has 3 atom stereocenters. The Hall–Kier alpha value is -2.91. The maximum atomic E-state index is 13.6. The van der Waals surface area contributed by atoms with Crippen LogP contribution in [0.25, 0.3) is 0 Å². The van der Waals surface area contributed by atoms with Crippen molar-refractivity contribution in [1.29, 1.82) is 0 Å². The minimum atomic E-state index is -3.84. The van der Waals surface area contributed by atoms with Gasteiger partial charge in [0.1, 0.15) is 5.75 Å². The van der Waals surface area contributed by atoms with Crippen LogP contribution in [0.1, 0.15) is 50.2 Å². The minimum Gasteiger partial charge on any atom is -0.478 e. The van der Waals surface area contributed by atoms with Gasteiger partial charge in [-0.2, -0.15) is 4.31 Å². The number of nitrogens with zero attached hydrogens (tertiary/aromatic N) is 1. The first-order valence-corrected chi connectivity index (χ1v) is 13.6. The zero-order chi connectivity index (χ0) is 25.2. The number of anilines is 1. The molecule has 2 aromatic carbocycles. The molecule has 0 radical (unpaired) electrons. The van der Waals surface area contributed by atoms with Crippen LogP contribution in [0, 0.1) is 12.8 Å². The first-order valence-electron chi connectivity index (χ1n) is 12.2. The van der Waals surface area contributed by atoms with Crippen molar-refractivity contribution < 1.29 is 22.7 Å². The third-order valence-electron chi connectivity index (χ3n) is 6.79. The largest absolute Gasteiger partial charge is 0.478 e. The maximum absolute atomic E-state index is 13.6. The summed E-state index contributed by atoms with van der Waals surface area (Å²) < 4.78 is 34.3. The van der Waals surface area contributed by atoms with Gasteiger partial charge in [0.05, 0.1) is 16.5 Å². The second-order valence-electron chi connectivity index (χ2n) is 9.38. The molecule has 2 aliphatic heterocycles. The van der Waals surface area contributed by atoms with Crippen molar-refractivity contribution in [2.24, 2.45) is 5.92 Å². The van der Waals surface area contributed by atoms with E-state index in [0.717, 1.165) is 5.56 Å². The molecule has 8 nitrogen and oxygen atoms in total. The second-order valence-corrected chi connectivity index (χ2v) is 11.3. The molecule has 188 valence electrons. The van der Waals surface area contributed by atoms with E-state index in [2.05, 4.69) is 17.6 Å². The maximum Gasteiger partial charge on any atom is 0.265 e. The van der Waals surface area contributed by atoms with Gasteiger partial charge in [0.2, 0.25) is 15.9 Å². The van der Waals surface area contributed by atoms with Crippen molar-refractivity contribution in [3.8, 4) is 5.75 Å². The molecule has 0 aliphatic carbocycles. The molecule has 0 aromatic heterocycles. The van der Waals surface area contributed by atoms with Gasteiger partial charge in [0.25, 0.3) is 5.91 Å². The highest BCUT2D eigenvalue weighted by Crippen LogP contribution is 2.36. The quantitative estimate of drug-likeness (QED) is 0.607. The van der Waals surface area contributed by atoms with Gasteiger partial charge in [-0.1, -0.05) is 44.2 Å². The summed E-state index contributed by atoms with van der Waals surface area (Å²) in [4.78, 5) is 25.2. The summed E-state index contributed by atoms with van der Waals surface area (Å²) in [6, 6.07) is 13.1. The van der Waals surface area contributed by atoms with Crippen LogP contribution in [-0.4, -0.2) is 50.3 Å². The van der Waals surface area contributed by atoms with Crippen LogP contribution in [0.4, 0.5) is 5.69 Å². The van der Waals surface area contributed by atoms with Gasteiger partial charge in [0.15, 0.2) is 6.10 Å². The lowest BCUT2D eigenvalue weighted by molar-refractivity contribution is -0.126. The van der Waals surface area contributed by atoms with Gasteiger partial charge < -0.3 is 15.4 Å². The number of amides is 2. The predicted octanol–water partition coefficient (Wildman–Crippen LogP) is 3.43. The molecule has 35 heavy (non-hydrogen) atoms. The van der Waals surface area contributed by atoms with Crippen LogP contribution in [0.3, 0.4) is 0 Å². The third kappa shape index (κ3) is 5.36. The van der Waals surface area contributed by atoms with Gasteiger partial charge in [-0.15, -0.1) is 0 Å². The monoisotopic (exact) mass is 499 g/mol. The van der Waals surface area contributed by atoms with E-state index in [4.69, 9.17) is 4.74 Å². The van der Waals surface area contributed by atoms with Crippen LogP contribution in [0.2, 0.25) is 0 Å². The van der Waals surface area contributed by atoms with Gasteiger partial charge >= 0.3 is 0 Å². The molecular weight excluding hydrogens is 466 g/mol. The van der Waals surface area contributed by atoms with Crippen molar-refractivity contribution in [2.45, 2.75) is 57.0 Å². The minimum absolute atomic E-state index is 0.119. The molecule has 2 heterocycles. The fourth-order valence-corrected chi connectivity index (χ4v) is 6.39. The van der Waals surface area contributed by atoms with Crippen molar-refractivity contribution in [1.82, 2.24) is 9.62 Å². The Morgan fingerprint density at radius 3 is 2.71 bits per heavy atom. The van der Waals surface area contributed by atoms with E-state index in [9.17, 15) is 18.0 Å². The van der Waals surface area contributed by atoms with Crippen molar-refractivity contribution in [3.05, 3.63) is 53.6 Å². The topological polar surface area (TPSA) is 105 Å². The number of rotatable bonds is 7. The molecule has 0 unspecified atom stereocenters. The van der Waals surface area contributed by atoms with E-state index in [1.165, 1.54) is 10.4 Å². The lowest BCUT2D eigenvalue weighted by atomic mass is 9.97. The summed E-state index contributed by atoms with van der Waals surface area (Å²) in [5.74, 6) is -0.247. The number of fused-ring (bicyclic) bond motifs is 1. The fraction of sp³-hybridized carbons (Fsp3) is 0.462.